The number of fused-ring (bicyclic) bond motifs is 1. The third-order valence-electron chi connectivity index (χ3n) is 4.15. The first-order valence-corrected chi connectivity index (χ1v) is 9.40. The van der Waals surface area contributed by atoms with Crippen LogP contribution in [0.2, 0.25) is 0 Å². The molecule has 9 heteroatoms. The van der Waals surface area contributed by atoms with Gasteiger partial charge in [-0.15, -0.1) is 5.10 Å². The number of methoxy groups -OCH3 is 1. The Morgan fingerprint density at radius 1 is 1.30 bits per heavy atom. The highest BCUT2D eigenvalue weighted by molar-refractivity contribution is 7.98. The zero-order chi connectivity index (χ0) is 19.6. The first-order chi connectivity index (χ1) is 12.9. The van der Waals surface area contributed by atoms with Gasteiger partial charge in [0.1, 0.15) is 6.61 Å². The first kappa shape index (κ1) is 19.1. The maximum atomic E-state index is 13.7. The third kappa shape index (κ3) is 4.02. The van der Waals surface area contributed by atoms with E-state index in [4.69, 9.17) is 9.47 Å². The van der Waals surface area contributed by atoms with Gasteiger partial charge in [0.05, 0.1) is 13.5 Å². The van der Waals surface area contributed by atoms with Crippen molar-refractivity contribution in [3.8, 4) is 5.75 Å². The molecular formula is C18H19FN4O3S. The lowest BCUT2D eigenvalue weighted by atomic mass is 10.1. The molecule has 0 N–H and O–H groups in total. The molecule has 3 aromatic rings. The predicted octanol–water partition coefficient (Wildman–Crippen LogP) is 2.90. The van der Waals surface area contributed by atoms with Crippen molar-refractivity contribution >= 4 is 23.5 Å². The summed E-state index contributed by atoms with van der Waals surface area (Å²) in [7, 11) is 1.39. The number of thioether (sulfide) groups is 1. The summed E-state index contributed by atoms with van der Waals surface area (Å²) in [6.07, 6.45) is 1.94. The van der Waals surface area contributed by atoms with Gasteiger partial charge in [-0.25, -0.2) is 13.9 Å². The maximum Gasteiger partial charge on any atom is 0.310 e. The van der Waals surface area contributed by atoms with Crippen LogP contribution >= 0.6 is 11.8 Å². The van der Waals surface area contributed by atoms with E-state index in [1.807, 2.05) is 20.1 Å². The predicted molar refractivity (Wildman–Crippen MR) is 98.5 cm³/mol. The van der Waals surface area contributed by atoms with E-state index >= 15 is 0 Å². The molecule has 0 aliphatic rings. The molecule has 0 saturated carbocycles. The van der Waals surface area contributed by atoms with Crippen molar-refractivity contribution in [3.63, 3.8) is 0 Å². The zero-order valence-corrected chi connectivity index (χ0v) is 16.3. The van der Waals surface area contributed by atoms with Crippen LogP contribution in [0.25, 0.3) is 5.78 Å². The van der Waals surface area contributed by atoms with Gasteiger partial charge < -0.3 is 9.47 Å². The monoisotopic (exact) mass is 390 g/mol. The van der Waals surface area contributed by atoms with E-state index in [9.17, 15) is 9.18 Å². The molecule has 0 fully saturated rings. The molecule has 3 rings (SSSR count). The van der Waals surface area contributed by atoms with E-state index in [1.165, 1.54) is 31.0 Å². The number of halogens is 1. The minimum atomic E-state index is -0.497. The molecule has 0 unspecified atom stereocenters. The summed E-state index contributed by atoms with van der Waals surface area (Å²) in [5.74, 6) is -0.278. The second kappa shape index (κ2) is 7.91. The quantitative estimate of drug-likeness (QED) is 0.473. The minimum absolute atomic E-state index is 0.0204. The fourth-order valence-electron chi connectivity index (χ4n) is 2.69. The summed E-state index contributed by atoms with van der Waals surface area (Å²) in [5, 5.41) is 4.98. The Morgan fingerprint density at radius 3 is 2.74 bits per heavy atom. The fraction of sp³-hybridized carbons (Fsp3) is 0.333. The number of esters is 1. The summed E-state index contributed by atoms with van der Waals surface area (Å²) in [6, 6.07) is 4.44. The zero-order valence-electron chi connectivity index (χ0n) is 15.4. The number of hydrogen-bond acceptors (Lipinski definition) is 7. The average Bonchev–Trinajstić information content (AvgIpc) is 3.07. The Morgan fingerprint density at radius 2 is 2.07 bits per heavy atom. The number of carbonyl (C=O) groups excluding carboxylic acids is 1. The van der Waals surface area contributed by atoms with E-state index in [0.717, 1.165) is 11.3 Å². The van der Waals surface area contributed by atoms with Crippen LogP contribution in [0.1, 0.15) is 22.5 Å². The van der Waals surface area contributed by atoms with Crippen LogP contribution in [0.15, 0.2) is 23.4 Å². The van der Waals surface area contributed by atoms with Crippen LogP contribution < -0.4 is 4.74 Å². The van der Waals surface area contributed by atoms with Gasteiger partial charge in [-0.3, -0.25) is 4.79 Å². The molecule has 0 bridgehead atoms. The van der Waals surface area contributed by atoms with Gasteiger partial charge in [-0.1, -0.05) is 17.8 Å². The van der Waals surface area contributed by atoms with Gasteiger partial charge in [0.2, 0.25) is 5.16 Å². The van der Waals surface area contributed by atoms with Crippen molar-refractivity contribution in [2.24, 2.45) is 0 Å². The second-order valence-corrected chi connectivity index (χ2v) is 6.65. The summed E-state index contributed by atoms with van der Waals surface area (Å²) in [5.41, 5.74) is 2.78. The molecular weight excluding hydrogens is 371 g/mol. The third-order valence-corrected chi connectivity index (χ3v) is 4.69. The van der Waals surface area contributed by atoms with Crippen LogP contribution in [-0.4, -0.2) is 38.9 Å². The first-order valence-electron chi connectivity index (χ1n) is 8.17. The summed E-state index contributed by atoms with van der Waals surface area (Å²) in [4.78, 5) is 21.0. The Bertz CT molecular complexity index is 1010. The molecule has 0 aliphatic heterocycles. The van der Waals surface area contributed by atoms with Gasteiger partial charge >= 0.3 is 5.97 Å². The fourth-order valence-corrected chi connectivity index (χ4v) is 3.03. The van der Waals surface area contributed by atoms with E-state index in [2.05, 4.69) is 15.1 Å². The Hall–Kier alpha value is -2.68. The molecule has 0 atom stereocenters. The van der Waals surface area contributed by atoms with Gasteiger partial charge in [0.15, 0.2) is 11.6 Å². The van der Waals surface area contributed by atoms with Crippen molar-refractivity contribution in [2.45, 2.75) is 32.0 Å². The highest BCUT2D eigenvalue weighted by Gasteiger charge is 2.17. The normalized spacial score (nSPS) is 11.0. The van der Waals surface area contributed by atoms with Crippen LogP contribution in [0, 0.1) is 19.7 Å². The minimum Gasteiger partial charge on any atom is -0.494 e. The smallest absolute Gasteiger partial charge is 0.310 e. The second-order valence-electron chi connectivity index (χ2n) is 5.88. The maximum absolute atomic E-state index is 13.7. The number of hydrogen-bond donors (Lipinski definition) is 0. The number of aromatic nitrogens is 4. The van der Waals surface area contributed by atoms with Crippen LogP contribution in [-0.2, 0) is 22.6 Å². The number of benzene rings is 1. The molecule has 0 spiro atoms. The molecule has 142 valence electrons. The number of aryl methyl sites for hydroxylation is 2. The van der Waals surface area contributed by atoms with Crippen molar-refractivity contribution < 1.29 is 18.7 Å². The summed E-state index contributed by atoms with van der Waals surface area (Å²) < 4.78 is 25.5. The highest BCUT2D eigenvalue weighted by Crippen LogP contribution is 2.20. The van der Waals surface area contributed by atoms with Crippen LogP contribution in [0.5, 0.6) is 5.75 Å². The summed E-state index contributed by atoms with van der Waals surface area (Å²) >= 11 is 1.42. The molecule has 0 saturated heterocycles. The van der Waals surface area contributed by atoms with Gasteiger partial charge in [-0.2, -0.15) is 4.98 Å². The Balaban J connectivity index is 1.73. The molecule has 1 aromatic carbocycles. The lowest BCUT2D eigenvalue weighted by Crippen LogP contribution is -2.13. The molecule has 2 heterocycles. The Kier molecular flexibility index (Phi) is 5.59. The summed E-state index contributed by atoms with van der Waals surface area (Å²) in [6.45, 7) is 3.66. The molecule has 0 radical (unpaired) electrons. The Labute approximate surface area is 159 Å². The van der Waals surface area contributed by atoms with Gasteiger partial charge in [0, 0.05) is 17.0 Å². The van der Waals surface area contributed by atoms with Crippen molar-refractivity contribution in [1.29, 1.82) is 0 Å². The molecule has 0 aliphatic carbocycles. The van der Waals surface area contributed by atoms with Crippen LogP contribution in [0.3, 0.4) is 0 Å². The lowest BCUT2D eigenvalue weighted by molar-refractivity contribution is -0.144. The highest BCUT2D eigenvalue weighted by atomic mass is 32.2. The van der Waals surface area contributed by atoms with Gasteiger partial charge in [0.25, 0.3) is 5.78 Å². The SMILES string of the molecule is COc1ccc(COC(=O)Cc2c(C)nc3nc(SC)nn3c2C)cc1F. The number of carbonyl (C=O) groups is 1. The van der Waals surface area contributed by atoms with Gasteiger partial charge in [-0.05, 0) is 37.8 Å². The average molecular weight is 390 g/mol. The van der Waals surface area contributed by atoms with Crippen LogP contribution in [0.4, 0.5) is 4.39 Å². The molecule has 27 heavy (non-hydrogen) atoms. The van der Waals surface area contributed by atoms with Crippen molar-refractivity contribution in [2.75, 3.05) is 13.4 Å². The van der Waals surface area contributed by atoms with E-state index in [0.29, 0.717) is 22.2 Å². The number of nitrogens with zero attached hydrogens (tertiary/aromatic N) is 4. The van der Waals surface area contributed by atoms with E-state index < -0.39 is 11.8 Å². The molecule has 7 nitrogen and oxygen atoms in total. The number of ether oxygens (including phenoxy) is 2. The number of rotatable bonds is 6. The van der Waals surface area contributed by atoms with E-state index in [-0.39, 0.29) is 18.8 Å². The molecule has 0 amide bonds. The largest absolute Gasteiger partial charge is 0.494 e. The standard InChI is InChI=1S/C18H19FN4O3S/c1-10-13(11(2)23-17(20-10)21-18(22-23)27-4)8-16(24)26-9-12-5-6-15(25-3)14(19)7-12/h5-7H,8-9H2,1-4H3. The van der Waals surface area contributed by atoms with Crippen molar-refractivity contribution in [3.05, 3.63) is 46.5 Å². The molecule has 2 aromatic heterocycles. The lowest BCUT2D eigenvalue weighted by Gasteiger charge is -2.11. The van der Waals surface area contributed by atoms with Crippen molar-refractivity contribution in [1.82, 2.24) is 19.6 Å². The topological polar surface area (TPSA) is 78.6 Å². The van der Waals surface area contributed by atoms with E-state index in [1.54, 1.807) is 10.6 Å².